The van der Waals surface area contributed by atoms with Gasteiger partial charge < -0.3 is 15.0 Å². The molecule has 1 saturated heterocycles. The SMILES string of the molecule is CC1(O)CCN(C(=O)c2cc[nH]c(=O)c2)C1. The number of nitrogens with zero attached hydrogens (tertiary/aromatic N) is 1. The van der Waals surface area contributed by atoms with Gasteiger partial charge in [0.15, 0.2) is 0 Å². The molecule has 2 heterocycles. The number of carbonyl (C=O) groups is 1. The molecule has 1 unspecified atom stereocenters. The van der Waals surface area contributed by atoms with Gasteiger partial charge in [0, 0.05) is 30.9 Å². The van der Waals surface area contributed by atoms with E-state index in [0.717, 1.165) is 0 Å². The van der Waals surface area contributed by atoms with E-state index in [1.807, 2.05) is 0 Å². The van der Waals surface area contributed by atoms with Crippen LogP contribution in [0.15, 0.2) is 23.1 Å². The maximum absolute atomic E-state index is 11.9. The third-order valence-corrected chi connectivity index (χ3v) is 2.76. The first kappa shape index (κ1) is 10.9. The van der Waals surface area contributed by atoms with Crippen LogP contribution in [-0.4, -0.2) is 39.6 Å². The zero-order valence-corrected chi connectivity index (χ0v) is 9.06. The van der Waals surface area contributed by atoms with Crippen LogP contribution in [0, 0.1) is 0 Å². The third kappa shape index (κ3) is 2.14. The van der Waals surface area contributed by atoms with Crippen LogP contribution in [0.4, 0.5) is 0 Å². The van der Waals surface area contributed by atoms with Gasteiger partial charge in [-0.15, -0.1) is 0 Å². The van der Waals surface area contributed by atoms with Crippen LogP contribution in [0.3, 0.4) is 0 Å². The summed E-state index contributed by atoms with van der Waals surface area (Å²) in [6, 6.07) is 2.84. The average molecular weight is 222 g/mol. The van der Waals surface area contributed by atoms with Crippen molar-refractivity contribution in [2.75, 3.05) is 13.1 Å². The highest BCUT2D eigenvalue weighted by atomic mass is 16.3. The predicted molar refractivity (Wildman–Crippen MR) is 58.2 cm³/mol. The van der Waals surface area contributed by atoms with Gasteiger partial charge in [-0.2, -0.15) is 0 Å². The number of aromatic amines is 1. The molecule has 1 amide bonds. The summed E-state index contributed by atoms with van der Waals surface area (Å²) < 4.78 is 0. The van der Waals surface area contributed by atoms with Crippen molar-refractivity contribution in [2.45, 2.75) is 18.9 Å². The molecule has 0 spiro atoms. The number of hydrogen-bond donors (Lipinski definition) is 2. The fourth-order valence-corrected chi connectivity index (χ4v) is 1.88. The van der Waals surface area contributed by atoms with E-state index < -0.39 is 5.60 Å². The molecule has 0 saturated carbocycles. The Hall–Kier alpha value is -1.62. The standard InChI is InChI=1S/C11H14N2O3/c1-11(16)3-5-13(7-11)10(15)8-2-4-12-9(14)6-8/h2,4,6,16H,3,5,7H2,1H3,(H,12,14). The second-order valence-corrected chi connectivity index (χ2v) is 4.42. The van der Waals surface area contributed by atoms with Crippen molar-refractivity contribution in [3.63, 3.8) is 0 Å². The Bertz CT molecular complexity index is 464. The molecule has 1 atom stereocenters. The quantitative estimate of drug-likeness (QED) is 0.701. The molecule has 1 aromatic rings. The molecule has 0 aliphatic carbocycles. The van der Waals surface area contributed by atoms with Gasteiger partial charge in [0.2, 0.25) is 5.56 Å². The van der Waals surface area contributed by atoms with Crippen molar-refractivity contribution in [3.8, 4) is 0 Å². The number of carbonyl (C=O) groups excluding carboxylic acids is 1. The molecule has 16 heavy (non-hydrogen) atoms. The lowest BCUT2D eigenvalue weighted by Gasteiger charge is -2.18. The van der Waals surface area contributed by atoms with Gasteiger partial charge in [-0.05, 0) is 19.4 Å². The lowest BCUT2D eigenvalue weighted by atomic mass is 10.1. The summed E-state index contributed by atoms with van der Waals surface area (Å²) in [7, 11) is 0. The first-order valence-corrected chi connectivity index (χ1v) is 5.18. The molecule has 86 valence electrons. The van der Waals surface area contributed by atoms with Gasteiger partial charge in [-0.25, -0.2) is 0 Å². The zero-order valence-electron chi connectivity index (χ0n) is 9.06. The molecule has 2 rings (SSSR count). The number of hydrogen-bond acceptors (Lipinski definition) is 3. The minimum absolute atomic E-state index is 0.205. The van der Waals surface area contributed by atoms with Crippen molar-refractivity contribution in [1.29, 1.82) is 0 Å². The van der Waals surface area contributed by atoms with Gasteiger partial charge in [0.25, 0.3) is 5.91 Å². The van der Waals surface area contributed by atoms with Crippen LogP contribution in [0.5, 0.6) is 0 Å². The van der Waals surface area contributed by atoms with Crippen LogP contribution in [0.2, 0.25) is 0 Å². The van der Waals surface area contributed by atoms with Gasteiger partial charge in [-0.3, -0.25) is 9.59 Å². The summed E-state index contributed by atoms with van der Waals surface area (Å²) in [6.45, 7) is 2.55. The van der Waals surface area contributed by atoms with Gasteiger partial charge in [-0.1, -0.05) is 0 Å². The maximum Gasteiger partial charge on any atom is 0.254 e. The van der Waals surface area contributed by atoms with E-state index >= 15 is 0 Å². The van der Waals surface area contributed by atoms with Crippen LogP contribution in [0.25, 0.3) is 0 Å². The van der Waals surface area contributed by atoms with Crippen molar-refractivity contribution in [1.82, 2.24) is 9.88 Å². The molecule has 2 N–H and O–H groups in total. The van der Waals surface area contributed by atoms with Crippen LogP contribution in [0.1, 0.15) is 23.7 Å². The van der Waals surface area contributed by atoms with E-state index in [0.29, 0.717) is 25.1 Å². The van der Waals surface area contributed by atoms with Crippen molar-refractivity contribution >= 4 is 5.91 Å². The topological polar surface area (TPSA) is 73.4 Å². The second-order valence-electron chi connectivity index (χ2n) is 4.42. The lowest BCUT2D eigenvalue weighted by Crippen LogP contribution is -2.34. The van der Waals surface area contributed by atoms with Crippen LogP contribution >= 0.6 is 0 Å². The molecule has 5 heteroatoms. The number of nitrogens with one attached hydrogen (secondary N) is 1. The molecule has 1 aliphatic heterocycles. The molecule has 1 aromatic heterocycles. The Morgan fingerprint density at radius 2 is 2.38 bits per heavy atom. The number of H-pyrrole nitrogens is 1. The predicted octanol–water partition coefficient (Wildman–Crippen LogP) is -0.0282. The number of aliphatic hydroxyl groups is 1. The van der Waals surface area contributed by atoms with Gasteiger partial charge >= 0.3 is 0 Å². The fraction of sp³-hybridized carbons (Fsp3) is 0.455. The molecule has 0 aromatic carbocycles. The number of rotatable bonds is 1. The van der Waals surface area contributed by atoms with E-state index in [9.17, 15) is 14.7 Å². The average Bonchev–Trinajstić information content (AvgIpc) is 2.58. The number of likely N-dealkylation sites (tertiary alicyclic amines) is 1. The molecule has 5 nitrogen and oxygen atoms in total. The van der Waals surface area contributed by atoms with Gasteiger partial charge in [0.05, 0.1) is 5.60 Å². The summed E-state index contributed by atoms with van der Waals surface area (Å²) >= 11 is 0. The minimum atomic E-state index is -0.809. The number of aromatic nitrogens is 1. The zero-order chi connectivity index (χ0) is 11.8. The summed E-state index contributed by atoms with van der Waals surface area (Å²) in [5, 5.41) is 9.75. The monoisotopic (exact) mass is 222 g/mol. The molecule has 1 aliphatic rings. The number of β-amino-alcohol motifs (C(OH)–C–C–N with tert-alkyl or cyclic N) is 1. The van der Waals surface area contributed by atoms with Crippen LogP contribution < -0.4 is 5.56 Å². The third-order valence-electron chi connectivity index (χ3n) is 2.76. The van der Waals surface area contributed by atoms with E-state index in [1.165, 1.54) is 12.3 Å². The highest BCUT2D eigenvalue weighted by Gasteiger charge is 2.34. The van der Waals surface area contributed by atoms with E-state index in [2.05, 4.69) is 4.98 Å². The molecule has 1 fully saturated rings. The minimum Gasteiger partial charge on any atom is -0.388 e. The molecule has 0 bridgehead atoms. The Labute approximate surface area is 92.7 Å². The summed E-state index contributed by atoms with van der Waals surface area (Å²) in [5.41, 5.74) is -0.741. The molecular weight excluding hydrogens is 208 g/mol. The molecular formula is C11H14N2O3. The van der Waals surface area contributed by atoms with Crippen molar-refractivity contribution in [3.05, 3.63) is 34.2 Å². The van der Waals surface area contributed by atoms with Crippen molar-refractivity contribution < 1.29 is 9.90 Å². The molecule has 0 radical (unpaired) electrons. The highest BCUT2D eigenvalue weighted by Crippen LogP contribution is 2.21. The van der Waals surface area contributed by atoms with E-state index in [4.69, 9.17) is 0 Å². The summed E-state index contributed by atoms with van der Waals surface area (Å²) in [5.74, 6) is -0.205. The number of pyridine rings is 1. The highest BCUT2D eigenvalue weighted by molar-refractivity contribution is 5.94. The second kappa shape index (κ2) is 3.75. The maximum atomic E-state index is 11.9. The van der Waals surface area contributed by atoms with E-state index in [1.54, 1.807) is 17.9 Å². The van der Waals surface area contributed by atoms with Gasteiger partial charge in [0.1, 0.15) is 0 Å². The normalized spacial score (nSPS) is 24.8. The summed E-state index contributed by atoms with van der Waals surface area (Å²) in [6.07, 6.45) is 2.02. The first-order chi connectivity index (χ1) is 7.48. The smallest absolute Gasteiger partial charge is 0.254 e. The first-order valence-electron chi connectivity index (χ1n) is 5.18. The fourth-order valence-electron chi connectivity index (χ4n) is 1.88. The van der Waals surface area contributed by atoms with Crippen molar-refractivity contribution in [2.24, 2.45) is 0 Å². The Balaban J connectivity index is 2.18. The Kier molecular flexibility index (Phi) is 2.55. The largest absolute Gasteiger partial charge is 0.388 e. The van der Waals surface area contributed by atoms with E-state index in [-0.39, 0.29) is 11.5 Å². The summed E-state index contributed by atoms with van der Waals surface area (Å²) in [4.78, 5) is 27.0. The lowest BCUT2D eigenvalue weighted by molar-refractivity contribution is 0.0572. The number of amides is 1. The Morgan fingerprint density at radius 3 is 2.94 bits per heavy atom. The van der Waals surface area contributed by atoms with Crippen LogP contribution in [-0.2, 0) is 0 Å². The Morgan fingerprint density at radius 1 is 1.62 bits per heavy atom.